The number of carboxylic acids is 1. The number of allylic oxidation sites excluding steroid dienone is 5. The molecular weight excluding hydrogens is 294 g/mol. The van der Waals surface area contributed by atoms with Gasteiger partial charge in [-0.15, -0.1) is 0 Å². The Morgan fingerprint density at radius 3 is 2.87 bits per heavy atom. The fraction of sp³-hybridized carbons (Fsp3) is 0.222. The molecule has 0 saturated heterocycles. The fourth-order valence-corrected chi connectivity index (χ4v) is 2.39. The van der Waals surface area contributed by atoms with Gasteiger partial charge in [-0.25, -0.2) is 4.79 Å². The number of benzene rings is 1. The minimum absolute atomic E-state index is 0.0188. The second kappa shape index (κ2) is 7.98. The number of rotatable bonds is 4. The van der Waals surface area contributed by atoms with Crippen LogP contribution in [0.5, 0.6) is 0 Å². The Morgan fingerprint density at radius 1 is 1.30 bits per heavy atom. The van der Waals surface area contributed by atoms with E-state index < -0.39 is 18.6 Å². The SMILES string of the molecule is C=C1C=C/C=C\CC(COC(=O)NCC(=O)O)c2ccccc21. The number of hydrogen-bond donors (Lipinski definition) is 2. The van der Waals surface area contributed by atoms with Crippen LogP contribution in [0.1, 0.15) is 23.5 Å². The first-order chi connectivity index (χ1) is 11.1. The topological polar surface area (TPSA) is 75.6 Å². The summed E-state index contributed by atoms with van der Waals surface area (Å²) in [4.78, 5) is 22.0. The van der Waals surface area contributed by atoms with Gasteiger partial charge in [-0.2, -0.15) is 0 Å². The zero-order valence-corrected chi connectivity index (χ0v) is 12.7. The normalized spacial score (nSPS) is 18.1. The van der Waals surface area contributed by atoms with E-state index in [-0.39, 0.29) is 12.5 Å². The van der Waals surface area contributed by atoms with Crippen LogP contribution in [0.4, 0.5) is 4.79 Å². The van der Waals surface area contributed by atoms with Crippen LogP contribution in [0.2, 0.25) is 0 Å². The lowest BCUT2D eigenvalue weighted by molar-refractivity contribution is -0.135. The Balaban J connectivity index is 2.11. The molecule has 1 aliphatic rings. The van der Waals surface area contributed by atoms with Crippen LogP contribution in [0.25, 0.3) is 5.57 Å². The maximum Gasteiger partial charge on any atom is 0.407 e. The van der Waals surface area contributed by atoms with Gasteiger partial charge in [-0.1, -0.05) is 55.1 Å². The number of ether oxygens (including phenoxy) is 1. The quantitative estimate of drug-likeness (QED) is 0.895. The Bertz CT molecular complexity index is 661. The number of carbonyl (C=O) groups is 2. The van der Waals surface area contributed by atoms with Crippen molar-refractivity contribution >= 4 is 17.6 Å². The van der Waals surface area contributed by atoms with E-state index in [1.807, 2.05) is 48.6 Å². The van der Waals surface area contributed by atoms with E-state index in [2.05, 4.69) is 11.9 Å². The average Bonchev–Trinajstić information content (AvgIpc) is 2.61. The van der Waals surface area contributed by atoms with Gasteiger partial charge in [0.1, 0.15) is 13.2 Å². The average molecular weight is 313 g/mol. The number of fused-ring (bicyclic) bond motifs is 1. The van der Waals surface area contributed by atoms with Gasteiger partial charge in [-0.3, -0.25) is 4.79 Å². The number of nitrogens with one attached hydrogen (secondary N) is 1. The molecule has 0 spiro atoms. The highest BCUT2D eigenvalue weighted by atomic mass is 16.5. The van der Waals surface area contributed by atoms with Crippen LogP contribution < -0.4 is 5.32 Å². The van der Waals surface area contributed by atoms with Gasteiger partial charge in [0, 0.05) is 5.92 Å². The van der Waals surface area contributed by atoms with Crippen LogP contribution in [0.15, 0.2) is 55.1 Å². The molecule has 23 heavy (non-hydrogen) atoms. The van der Waals surface area contributed by atoms with Crippen LogP contribution in [-0.2, 0) is 9.53 Å². The van der Waals surface area contributed by atoms with Crippen molar-refractivity contribution in [3.8, 4) is 0 Å². The highest BCUT2D eigenvalue weighted by molar-refractivity contribution is 5.77. The van der Waals surface area contributed by atoms with Gasteiger partial charge < -0.3 is 15.2 Å². The van der Waals surface area contributed by atoms with Crippen molar-refractivity contribution in [2.24, 2.45) is 0 Å². The van der Waals surface area contributed by atoms with Crippen molar-refractivity contribution in [2.75, 3.05) is 13.2 Å². The van der Waals surface area contributed by atoms with E-state index in [1.54, 1.807) is 0 Å². The predicted octanol–water partition coefficient (Wildman–Crippen LogP) is 3.11. The molecule has 2 rings (SSSR count). The molecule has 1 aromatic rings. The van der Waals surface area contributed by atoms with E-state index in [9.17, 15) is 9.59 Å². The molecule has 2 N–H and O–H groups in total. The van der Waals surface area contributed by atoms with E-state index in [1.165, 1.54) is 0 Å². The predicted molar refractivity (Wildman–Crippen MR) is 88.1 cm³/mol. The van der Waals surface area contributed by atoms with E-state index in [0.29, 0.717) is 6.42 Å². The first kappa shape index (κ1) is 16.5. The third kappa shape index (κ3) is 4.85. The molecule has 1 amide bonds. The molecule has 1 aromatic carbocycles. The zero-order valence-electron chi connectivity index (χ0n) is 12.7. The van der Waals surface area contributed by atoms with E-state index in [0.717, 1.165) is 16.7 Å². The van der Waals surface area contributed by atoms with Gasteiger partial charge in [0.05, 0.1) is 0 Å². The fourth-order valence-electron chi connectivity index (χ4n) is 2.39. The monoisotopic (exact) mass is 313 g/mol. The summed E-state index contributed by atoms with van der Waals surface area (Å²) in [7, 11) is 0. The first-order valence-corrected chi connectivity index (χ1v) is 7.31. The van der Waals surface area contributed by atoms with Crippen molar-refractivity contribution in [2.45, 2.75) is 12.3 Å². The largest absolute Gasteiger partial charge is 0.480 e. The van der Waals surface area contributed by atoms with Crippen LogP contribution >= 0.6 is 0 Å². The Morgan fingerprint density at radius 2 is 2.09 bits per heavy atom. The van der Waals surface area contributed by atoms with Gasteiger partial charge in [0.2, 0.25) is 0 Å². The summed E-state index contributed by atoms with van der Waals surface area (Å²) in [5.74, 6) is -1.13. The minimum Gasteiger partial charge on any atom is -0.480 e. The van der Waals surface area contributed by atoms with Crippen LogP contribution in [0, 0.1) is 0 Å². The lowest BCUT2D eigenvalue weighted by Gasteiger charge is -2.19. The summed E-state index contributed by atoms with van der Waals surface area (Å²) in [6.45, 7) is 3.78. The Kier molecular flexibility index (Phi) is 5.74. The molecule has 1 aliphatic carbocycles. The van der Waals surface area contributed by atoms with Crippen molar-refractivity contribution in [3.05, 3.63) is 66.3 Å². The van der Waals surface area contributed by atoms with Crippen LogP contribution in [-0.4, -0.2) is 30.3 Å². The molecule has 0 bridgehead atoms. The van der Waals surface area contributed by atoms with Crippen molar-refractivity contribution in [1.29, 1.82) is 0 Å². The lowest BCUT2D eigenvalue weighted by Crippen LogP contribution is -2.30. The molecule has 0 aliphatic heterocycles. The molecule has 120 valence electrons. The number of aliphatic carboxylic acids is 1. The summed E-state index contributed by atoms with van der Waals surface area (Å²) in [5, 5.41) is 10.7. The first-order valence-electron chi connectivity index (χ1n) is 7.31. The van der Waals surface area contributed by atoms with Crippen LogP contribution in [0.3, 0.4) is 0 Å². The molecule has 0 radical (unpaired) electrons. The van der Waals surface area contributed by atoms with Gasteiger partial charge >= 0.3 is 12.1 Å². The summed E-state index contributed by atoms with van der Waals surface area (Å²) in [6.07, 6.45) is 7.80. The molecule has 5 heteroatoms. The number of hydrogen-bond acceptors (Lipinski definition) is 3. The molecule has 1 unspecified atom stereocenters. The molecule has 0 saturated carbocycles. The molecule has 0 fully saturated rings. The highest BCUT2D eigenvalue weighted by Gasteiger charge is 2.18. The lowest BCUT2D eigenvalue weighted by atomic mass is 9.89. The summed E-state index contributed by atoms with van der Waals surface area (Å²) in [5.41, 5.74) is 2.97. The minimum atomic E-state index is -1.11. The zero-order chi connectivity index (χ0) is 16.7. The molecule has 5 nitrogen and oxygen atoms in total. The van der Waals surface area contributed by atoms with Gasteiger partial charge in [-0.05, 0) is 23.1 Å². The number of carbonyl (C=O) groups excluding carboxylic acids is 1. The smallest absolute Gasteiger partial charge is 0.407 e. The number of carboxylic acid groups (broad SMARTS) is 1. The number of alkyl carbamates (subject to hydrolysis) is 1. The van der Waals surface area contributed by atoms with Gasteiger partial charge in [0.25, 0.3) is 0 Å². The Hall–Kier alpha value is -2.82. The second-order valence-electron chi connectivity index (χ2n) is 5.18. The summed E-state index contributed by atoms with van der Waals surface area (Å²) in [6, 6.07) is 7.87. The standard InChI is InChI=1S/C18H19NO4/c1-13-7-3-2-4-8-14(16-10-6-5-9-15(13)16)12-23-18(22)19-11-17(20)21/h2-7,9-10,14H,1,8,11-12H2,(H,19,22)(H,20,21)/b4-2-,7-3?. The van der Waals surface area contributed by atoms with E-state index >= 15 is 0 Å². The Labute approximate surface area is 135 Å². The van der Waals surface area contributed by atoms with E-state index in [4.69, 9.17) is 9.84 Å². The highest BCUT2D eigenvalue weighted by Crippen LogP contribution is 2.30. The maximum atomic E-state index is 11.5. The van der Waals surface area contributed by atoms with Crippen molar-refractivity contribution in [3.63, 3.8) is 0 Å². The molecule has 0 heterocycles. The summed E-state index contributed by atoms with van der Waals surface area (Å²) >= 11 is 0. The molecular formula is C18H19NO4. The summed E-state index contributed by atoms with van der Waals surface area (Å²) < 4.78 is 5.16. The number of amides is 1. The van der Waals surface area contributed by atoms with Crippen molar-refractivity contribution < 1.29 is 19.4 Å². The van der Waals surface area contributed by atoms with Crippen molar-refractivity contribution in [1.82, 2.24) is 5.32 Å². The third-order valence-electron chi connectivity index (χ3n) is 3.51. The van der Waals surface area contributed by atoms with Gasteiger partial charge in [0.15, 0.2) is 0 Å². The molecule has 1 atom stereocenters. The maximum absolute atomic E-state index is 11.5. The molecule has 0 aromatic heterocycles. The second-order valence-corrected chi connectivity index (χ2v) is 5.18. The third-order valence-corrected chi connectivity index (χ3v) is 3.51.